The fourth-order valence-electron chi connectivity index (χ4n) is 2.42. The molecule has 0 fully saturated rings. The lowest BCUT2D eigenvalue weighted by atomic mass is 9.98. The Bertz CT molecular complexity index is 888. The number of carbonyl (C=O) groups is 1. The van der Waals surface area contributed by atoms with Gasteiger partial charge < -0.3 is 4.74 Å². The average molecular weight is 340 g/mol. The number of carbonyl (C=O) groups excluding carboxylic acids is 1. The smallest absolute Gasteiger partial charge is 0.338 e. The number of rotatable bonds is 1. The summed E-state index contributed by atoms with van der Waals surface area (Å²) in [6.07, 6.45) is 0. The van der Waals surface area contributed by atoms with Crippen molar-refractivity contribution < 1.29 is 9.53 Å². The van der Waals surface area contributed by atoms with Gasteiger partial charge in [-0.3, -0.25) is 0 Å². The molecule has 0 atom stereocenters. The van der Waals surface area contributed by atoms with E-state index in [2.05, 4.69) is 0 Å². The summed E-state index contributed by atoms with van der Waals surface area (Å²) in [4.78, 5) is 11.9. The quantitative estimate of drug-likeness (QED) is 0.417. The van der Waals surface area contributed by atoms with Crippen LogP contribution in [0.4, 0.5) is 0 Å². The van der Waals surface area contributed by atoms with Gasteiger partial charge in [0.15, 0.2) is 0 Å². The van der Waals surface area contributed by atoms with Crippen LogP contribution < -0.4 is 0 Å². The Hall–Kier alpha value is -1.48. The molecule has 3 aromatic rings. The summed E-state index contributed by atoms with van der Waals surface area (Å²) >= 11 is 18.5. The number of hydrogen-bond acceptors (Lipinski definition) is 2. The zero-order chi connectivity index (χ0) is 15.1. The fraction of sp³-hybridized carbons (Fsp3) is 0.0625. The van der Waals surface area contributed by atoms with E-state index in [0.717, 1.165) is 21.5 Å². The van der Waals surface area contributed by atoms with E-state index < -0.39 is 5.97 Å². The molecule has 0 amide bonds. The van der Waals surface area contributed by atoms with Gasteiger partial charge in [-0.2, -0.15) is 0 Å². The second-order valence-electron chi connectivity index (χ2n) is 4.56. The van der Waals surface area contributed by atoms with E-state index in [4.69, 9.17) is 39.5 Å². The van der Waals surface area contributed by atoms with Gasteiger partial charge in [0.25, 0.3) is 0 Å². The Morgan fingerprint density at radius 1 is 0.857 bits per heavy atom. The van der Waals surface area contributed by atoms with Crippen LogP contribution in [0.15, 0.2) is 36.4 Å². The van der Waals surface area contributed by atoms with E-state index in [-0.39, 0.29) is 0 Å². The minimum Gasteiger partial charge on any atom is -0.465 e. The predicted molar refractivity (Wildman–Crippen MR) is 87.8 cm³/mol. The zero-order valence-electron chi connectivity index (χ0n) is 10.9. The second kappa shape index (κ2) is 5.38. The maximum atomic E-state index is 11.9. The first kappa shape index (κ1) is 14.5. The normalized spacial score (nSPS) is 11.0. The average Bonchev–Trinajstić information content (AvgIpc) is 2.48. The van der Waals surface area contributed by atoms with E-state index in [9.17, 15) is 4.79 Å². The van der Waals surface area contributed by atoms with Crippen molar-refractivity contribution in [1.82, 2.24) is 0 Å². The topological polar surface area (TPSA) is 26.3 Å². The number of ether oxygens (including phenoxy) is 1. The molecule has 0 spiro atoms. The SMILES string of the molecule is COC(=O)c1cccc2c1cc(Cl)c1cc(Cl)c(Cl)cc12. The highest BCUT2D eigenvalue weighted by molar-refractivity contribution is 6.44. The van der Waals surface area contributed by atoms with Crippen LogP contribution in [-0.4, -0.2) is 13.1 Å². The lowest BCUT2D eigenvalue weighted by Crippen LogP contribution is -2.02. The third-order valence-corrected chi connectivity index (χ3v) is 4.43. The first-order valence-electron chi connectivity index (χ1n) is 6.11. The predicted octanol–water partition coefficient (Wildman–Crippen LogP) is 5.74. The molecule has 21 heavy (non-hydrogen) atoms. The number of benzene rings is 3. The summed E-state index contributed by atoms with van der Waals surface area (Å²) in [5, 5.41) is 4.62. The highest BCUT2D eigenvalue weighted by Gasteiger charge is 2.14. The van der Waals surface area contributed by atoms with E-state index in [1.165, 1.54) is 7.11 Å². The summed E-state index contributed by atoms with van der Waals surface area (Å²) < 4.78 is 4.81. The maximum absolute atomic E-state index is 11.9. The Morgan fingerprint density at radius 3 is 2.14 bits per heavy atom. The highest BCUT2D eigenvalue weighted by Crippen LogP contribution is 2.37. The van der Waals surface area contributed by atoms with Gasteiger partial charge in [-0.1, -0.05) is 46.9 Å². The third kappa shape index (κ3) is 2.34. The minimum absolute atomic E-state index is 0.406. The molecule has 0 heterocycles. The molecule has 0 aliphatic rings. The molecule has 0 bridgehead atoms. The molecule has 2 nitrogen and oxygen atoms in total. The summed E-state index contributed by atoms with van der Waals surface area (Å²) in [5.41, 5.74) is 0.463. The van der Waals surface area contributed by atoms with Gasteiger partial charge in [-0.15, -0.1) is 0 Å². The van der Waals surface area contributed by atoms with Crippen molar-refractivity contribution in [3.8, 4) is 0 Å². The molecule has 0 saturated heterocycles. The van der Waals surface area contributed by atoms with Crippen LogP contribution in [0.2, 0.25) is 15.1 Å². The lowest BCUT2D eigenvalue weighted by molar-refractivity contribution is 0.0603. The van der Waals surface area contributed by atoms with Crippen LogP contribution in [0.25, 0.3) is 21.5 Å². The van der Waals surface area contributed by atoms with Crippen LogP contribution in [0, 0.1) is 0 Å². The zero-order valence-corrected chi connectivity index (χ0v) is 13.2. The van der Waals surface area contributed by atoms with E-state index in [1.807, 2.05) is 6.07 Å². The molecule has 0 radical (unpaired) electrons. The molecule has 0 aliphatic carbocycles. The lowest BCUT2D eigenvalue weighted by Gasteiger charge is -2.10. The van der Waals surface area contributed by atoms with Crippen molar-refractivity contribution in [2.24, 2.45) is 0 Å². The Labute approximate surface area is 136 Å². The number of esters is 1. The van der Waals surface area contributed by atoms with Gasteiger partial charge in [0, 0.05) is 10.4 Å². The molecular formula is C16H9Cl3O2. The van der Waals surface area contributed by atoms with Crippen LogP contribution in [0.5, 0.6) is 0 Å². The Kier molecular flexibility index (Phi) is 3.70. The van der Waals surface area contributed by atoms with Crippen molar-refractivity contribution in [2.45, 2.75) is 0 Å². The van der Waals surface area contributed by atoms with Gasteiger partial charge in [0.2, 0.25) is 0 Å². The minimum atomic E-state index is -0.406. The fourth-order valence-corrected chi connectivity index (χ4v) is 3.01. The van der Waals surface area contributed by atoms with Crippen molar-refractivity contribution in [3.05, 3.63) is 57.0 Å². The summed E-state index contributed by atoms with van der Waals surface area (Å²) in [6.45, 7) is 0. The molecule has 0 aliphatic heterocycles. The number of hydrogen-bond donors (Lipinski definition) is 0. The second-order valence-corrected chi connectivity index (χ2v) is 5.78. The van der Waals surface area contributed by atoms with Crippen LogP contribution in [0.3, 0.4) is 0 Å². The first-order valence-corrected chi connectivity index (χ1v) is 7.24. The van der Waals surface area contributed by atoms with Gasteiger partial charge in [0.05, 0.1) is 22.7 Å². The molecule has 106 valence electrons. The molecule has 0 saturated carbocycles. The number of methoxy groups -OCH3 is 1. The Morgan fingerprint density at radius 2 is 1.48 bits per heavy atom. The number of fused-ring (bicyclic) bond motifs is 3. The third-order valence-electron chi connectivity index (χ3n) is 3.39. The van der Waals surface area contributed by atoms with Gasteiger partial charge in [-0.25, -0.2) is 4.79 Å². The Balaban J connectivity index is 2.50. The molecule has 0 unspecified atom stereocenters. The van der Waals surface area contributed by atoms with Crippen LogP contribution in [0.1, 0.15) is 10.4 Å². The molecule has 3 aromatic carbocycles. The maximum Gasteiger partial charge on any atom is 0.338 e. The molecular weight excluding hydrogens is 331 g/mol. The molecule has 3 rings (SSSR count). The molecule has 0 aromatic heterocycles. The van der Waals surface area contributed by atoms with Gasteiger partial charge >= 0.3 is 5.97 Å². The standard InChI is InChI=1S/C16H9Cl3O2/c1-21-16(20)9-4-2-3-8-10(9)5-13(17)12-7-15(19)14(18)6-11(8)12/h2-7H,1H3. The van der Waals surface area contributed by atoms with Crippen LogP contribution >= 0.6 is 34.8 Å². The van der Waals surface area contributed by atoms with E-state index in [1.54, 1.807) is 30.3 Å². The van der Waals surface area contributed by atoms with Crippen molar-refractivity contribution in [1.29, 1.82) is 0 Å². The largest absolute Gasteiger partial charge is 0.465 e. The first-order chi connectivity index (χ1) is 10.0. The van der Waals surface area contributed by atoms with Crippen molar-refractivity contribution in [2.75, 3.05) is 7.11 Å². The van der Waals surface area contributed by atoms with Crippen molar-refractivity contribution in [3.63, 3.8) is 0 Å². The number of halogens is 3. The monoisotopic (exact) mass is 338 g/mol. The molecule has 5 heteroatoms. The van der Waals surface area contributed by atoms with Crippen molar-refractivity contribution >= 4 is 62.3 Å². The van der Waals surface area contributed by atoms with Gasteiger partial charge in [-0.05, 0) is 40.4 Å². The summed E-state index contributed by atoms with van der Waals surface area (Å²) in [7, 11) is 1.35. The summed E-state index contributed by atoms with van der Waals surface area (Å²) in [6, 6.07) is 10.6. The van der Waals surface area contributed by atoms with Gasteiger partial charge in [0.1, 0.15) is 0 Å². The van der Waals surface area contributed by atoms with Crippen LogP contribution in [-0.2, 0) is 4.74 Å². The highest BCUT2D eigenvalue weighted by atomic mass is 35.5. The summed E-state index contributed by atoms with van der Waals surface area (Å²) in [5.74, 6) is -0.406. The van der Waals surface area contributed by atoms with E-state index in [0.29, 0.717) is 20.6 Å². The molecule has 0 N–H and O–H groups in total. The van der Waals surface area contributed by atoms with E-state index >= 15 is 0 Å².